The Bertz CT molecular complexity index is 2800. The number of fused-ring (bicyclic) bond motifs is 5. The summed E-state index contributed by atoms with van der Waals surface area (Å²) >= 11 is 0. The largest absolute Gasteiger partial charge is 0.470 e. The molecule has 1 saturated heterocycles. The van der Waals surface area contributed by atoms with Gasteiger partial charge in [0, 0.05) is 42.3 Å². The monoisotopic (exact) mass is 881 g/mol. The second-order valence-electron chi connectivity index (χ2n) is 16.9. The molecule has 5 heterocycles. The van der Waals surface area contributed by atoms with Gasteiger partial charge in [-0.1, -0.05) is 49.3 Å². The quantitative estimate of drug-likeness (QED) is 0.157. The van der Waals surface area contributed by atoms with E-state index in [0.717, 1.165) is 25.0 Å². The summed E-state index contributed by atoms with van der Waals surface area (Å²) in [5, 5.41) is 9.47. The lowest BCUT2D eigenvalue weighted by atomic mass is 9.90. The fourth-order valence-electron chi connectivity index (χ4n) is 8.84. The Kier molecular flexibility index (Phi) is 11.0. The minimum Gasteiger partial charge on any atom is -0.470 e. The molecule has 326 valence electrons. The van der Waals surface area contributed by atoms with Crippen LogP contribution < -0.4 is 9.46 Å². The topological polar surface area (TPSA) is 198 Å². The zero-order valence-electron chi connectivity index (χ0n) is 33.9. The number of nitrogens with one attached hydrogen (secondary N) is 1. The molecular weight excluding hydrogens is 840 g/mol. The average molecular weight is 882 g/mol. The van der Waals surface area contributed by atoms with Gasteiger partial charge < -0.3 is 14.1 Å². The van der Waals surface area contributed by atoms with Gasteiger partial charge in [-0.05, 0) is 74.8 Å². The number of carbonyl (C=O) groups excluding carboxylic acids is 3. The van der Waals surface area contributed by atoms with Gasteiger partial charge in [0.25, 0.3) is 5.88 Å². The molecule has 2 amide bonds. The maximum atomic E-state index is 14.9. The van der Waals surface area contributed by atoms with E-state index in [1.807, 2.05) is 18.2 Å². The predicted molar refractivity (Wildman–Crippen MR) is 221 cm³/mol. The number of ketones is 1. The summed E-state index contributed by atoms with van der Waals surface area (Å²) in [6.45, 7) is -0.0925. The van der Waals surface area contributed by atoms with Crippen LogP contribution in [0.4, 0.5) is 13.2 Å². The maximum Gasteiger partial charge on any atom is 0.416 e. The summed E-state index contributed by atoms with van der Waals surface area (Å²) in [5.41, 5.74) is -0.822. The Morgan fingerprint density at radius 2 is 1.81 bits per heavy atom. The molecule has 5 atom stereocenters. The molecule has 0 spiro atoms. The second kappa shape index (κ2) is 16.5. The molecule has 2 aliphatic carbocycles. The molecule has 1 N–H and O–H groups in total. The van der Waals surface area contributed by atoms with Gasteiger partial charge in [0.05, 0.1) is 28.8 Å². The third-order valence-corrected chi connectivity index (χ3v) is 14.3. The highest BCUT2D eigenvalue weighted by Crippen LogP contribution is 2.57. The van der Waals surface area contributed by atoms with Crippen molar-refractivity contribution in [2.24, 2.45) is 17.3 Å². The number of furan rings is 1. The Hall–Kier alpha value is -6.22. The highest BCUT2D eigenvalue weighted by Gasteiger charge is 2.61. The Balaban J connectivity index is 1.08. The fourth-order valence-corrected chi connectivity index (χ4v) is 10.2. The van der Waals surface area contributed by atoms with Crippen LogP contribution >= 0.6 is 0 Å². The van der Waals surface area contributed by atoms with Crippen LogP contribution in [0, 0.1) is 28.6 Å². The van der Waals surface area contributed by atoms with E-state index >= 15 is 0 Å². The predicted octanol–water partition coefficient (Wildman–Crippen LogP) is 7.02. The van der Waals surface area contributed by atoms with E-state index in [9.17, 15) is 41.2 Å². The number of para-hydroxylation sites is 1. The summed E-state index contributed by atoms with van der Waals surface area (Å²) in [6, 6.07) is 13.8. The highest BCUT2D eigenvalue weighted by atomic mass is 32.2. The van der Waals surface area contributed by atoms with Crippen LogP contribution in [-0.2, 0) is 37.0 Å². The smallest absolute Gasteiger partial charge is 0.416 e. The molecule has 63 heavy (non-hydrogen) atoms. The Morgan fingerprint density at radius 1 is 1.02 bits per heavy atom. The number of benzene rings is 2. The van der Waals surface area contributed by atoms with Gasteiger partial charge in [0.2, 0.25) is 27.4 Å². The number of alkyl halides is 3. The first-order chi connectivity index (χ1) is 30.2. The number of rotatable bonds is 8. The zero-order valence-corrected chi connectivity index (χ0v) is 34.7. The number of amides is 2. The molecule has 0 unspecified atom stereocenters. The second-order valence-corrected chi connectivity index (χ2v) is 18.9. The molecule has 18 heteroatoms. The number of hydrogen-bond acceptors (Lipinski definition) is 12. The minimum absolute atomic E-state index is 0.0301. The van der Waals surface area contributed by atoms with Crippen molar-refractivity contribution in [3.05, 3.63) is 90.0 Å². The molecule has 3 fully saturated rings. The van der Waals surface area contributed by atoms with E-state index in [1.54, 1.807) is 24.3 Å². The van der Waals surface area contributed by atoms with E-state index in [0.29, 0.717) is 54.4 Å². The zero-order chi connectivity index (χ0) is 44.1. The number of nitrogens with zero attached hydrogens (tertiary/aromatic N) is 6. The van der Waals surface area contributed by atoms with Gasteiger partial charge in [-0.15, -0.1) is 0 Å². The number of aromatic nitrogens is 4. The van der Waals surface area contributed by atoms with E-state index < -0.39 is 62.2 Å². The summed E-state index contributed by atoms with van der Waals surface area (Å²) < 4.78 is 81.5. The van der Waals surface area contributed by atoms with E-state index in [2.05, 4.69) is 24.7 Å². The molecule has 2 aromatic carbocycles. The SMILES string of the molecule is N#Cc1ccnc(C[C@H]2CCCCC/C=C\[C@@H]3C[C@@]3(C(=O)NS(=O)(=O)C3CC3)CC(=O)[C@@H]3C[C@@H](Oc4nc(-c5ccc(C(F)(F)F)cc5)nc5c4oc4ccccc45)CN3C2=O)n1. The number of allylic oxidation sites excluding steroid dienone is 2. The lowest BCUT2D eigenvalue weighted by molar-refractivity contribution is -0.142. The van der Waals surface area contributed by atoms with Crippen molar-refractivity contribution >= 4 is 49.7 Å². The van der Waals surface area contributed by atoms with Crippen LogP contribution in [0.25, 0.3) is 33.5 Å². The van der Waals surface area contributed by atoms with Crippen molar-refractivity contribution in [2.75, 3.05) is 6.54 Å². The summed E-state index contributed by atoms with van der Waals surface area (Å²) in [7, 11) is -3.92. The van der Waals surface area contributed by atoms with E-state index in [-0.39, 0.29) is 72.6 Å². The standard InChI is InChI=1S/C45H42F3N7O7S/c46-45(47,48)28-14-12-26(13-15-28)40-52-38-33-10-6-7-11-36(33)62-39(38)41(53-40)61-31-21-34-35(56)23-44(43(58)54-63(59,60)32-16-17-32)22-29(44)9-5-3-1-2-4-8-27(42(57)55(34)25-31)20-37-50-19-18-30(24-49)51-37/h5-7,9-15,18-19,27,29,31-32,34H,1-4,8,16-17,20-23,25H2,(H,54,58)/b9-5-/t27-,29-,31-,34+,44-/m1/s1. The van der Waals surface area contributed by atoms with Gasteiger partial charge in [0.15, 0.2) is 11.6 Å². The van der Waals surface area contributed by atoms with Crippen LogP contribution in [0.15, 0.2) is 77.4 Å². The first kappa shape index (κ1) is 42.1. The summed E-state index contributed by atoms with van der Waals surface area (Å²) in [4.78, 5) is 63.0. The lowest BCUT2D eigenvalue weighted by Crippen LogP contribution is -2.46. The molecule has 3 aromatic heterocycles. The number of sulfonamides is 1. The summed E-state index contributed by atoms with van der Waals surface area (Å²) in [5.74, 6) is -2.34. The number of carbonyl (C=O) groups is 3. The average Bonchev–Trinajstić information content (AvgIpc) is 4.17. The third kappa shape index (κ3) is 8.62. The normalized spacial score (nSPS) is 25.1. The number of ether oxygens (including phenoxy) is 1. The Morgan fingerprint density at radius 3 is 2.57 bits per heavy atom. The Labute approximate surface area is 360 Å². The molecule has 14 nitrogen and oxygen atoms in total. The molecule has 2 aliphatic heterocycles. The lowest BCUT2D eigenvalue weighted by Gasteiger charge is -2.29. The fraction of sp³-hybridized carbons (Fsp3) is 0.422. The number of hydrogen-bond donors (Lipinski definition) is 1. The van der Waals surface area contributed by atoms with Crippen LogP contribution in [0.2, 0.25) is 0 Å². The third-order valence-electron chi connectivity index (χ3n) is 12.5. The van der Waals surface area contributed by atoms with Crippen molar-refractivity contribution in [1.82, 2.24) is 29.6 Å². The van der Waals surface area contributed by atoms with Gasteiger partial charge in [-0.2, -0.15) is 23.4 Å². The minimum atomic E-state index is -4.56. The van der Waals surface area contributed by atoms with Crippen LogP contribution in [0.1, 0.15) is 81.3 Å². The number of Topliss-reactive ketones (excluding diaryl/α,β-unsaturated/α-hetero) is 1. The van der Waals surface area contributed by atoms with Crippen molar-refractivity contribution in [1.29, 1.82) is 5.26 Å². The summed E-state index contributed by atoms with van der Waals surface area (Å²) in [6.07, 6.45) is 4.14. The molecule has 4 aliphatic rings. The number of halogens is 3. The van der Waals surface area contributed by atoms with Crippen molar-refractivity contribution in [3.8, 4) is 23.3 Å². The van der Waals surface area contributed by atoms with Crippen molar-refractivity contribution < 1.29 is 45.1 Å². The van der Waals surface area contributed by atoms with E-state index in [4.69, 9.17) is 9.15 Å². The maximum absolute atomic E-state index is 14.9. The first-order valence-electron chi connectivity index (χ1n) is 21.0. The first-order valence-corrected chi connectivity index (χ1v) is 22.6. The van der Waals surface area contributed by atoms with Crippen molar-refractivity contribution in [3.63, 3.8) is 0 Å². The molecule has 2 saturated carbocycles. The van der Waals surface area contributed by atoms with Crippen molar-refractivity contribution in [2.45, 2.75) is 94.2 Å². The molecule has 5 aromatic rings. The molecule has 9 rings (SSSR count). The molecule has 0 radical (unpaired) electrons. The van der Waals surface area contributed by atoms with Crippen LogP contribution in [-0.4, -0.2) is 74.8 Å². The van der Waals surface area contributed by atoms with Gasteiger partial charge in [0.1, 0.15) is 34.8 Å². The van der Waals surface area contributed by atoms with Gasteiger partial charge in [-0.25, -0.2) is 23.4 Å². The highest BCUT2D eigenvalue weighted by molar-refractivity contribution is 7.90. The molecule has 0 bridgehead atoms. The van der Waals surface area contributed by atoms with E-state index in [1.165, 1.54) is 29.3 Å². The molecular formula is C45H42F3N7O7S. The van der Waals surface area contributed by atoms with Crippen LogP contribution in [0.3, 0.4) is 0 Å². The number of nitriles is 1. The van der Waals surface area contributed by atoms with Crippen LogP contribution in [0.5, 0.6) is 5.88 Å². The van der Waals surface area contributed by atoms with Gasteiger partial charge in [-0.3, -0.25) is 19.1 Å². The van der Waals surface area contributed by atoms with Gasteiger partial charge >= 0.3 is 6.18 Å².